The topological polar surface area (TPSA) is 67.4 Å². The average Bonchev–Trinajstić information content (AvgIpc) is 3.18. The molecular formula is C14H16N2O3. The Labute approximate surface area is 111 Å². The third kappa shape index (κ3) is 2.16. The van der Waals surface area contributed by atoms with Gasteiger partial charge >= 0.3 is 0 Å². The molecule has 1 aliphatic carbocycles. The molecule has 0 aromatic heterocycles. The molecule has 100 valence electrons. The Morgan fingerprint density at radius 3 is 2.53 bits per heavy atom. The molecule has 1 aromatic rings. The Kier molecular flexibility index (Phi) is 2.69. The van der Waals surface area contributed by atoms with Gasteiger partial charge in [-0.25, -0.2) is 0 Å². The SMILES string of the molecule is COc1ccc(C[C@@H]2NC(=O)C3(CC3)NC2=O)cc1. The van der Waals surface area contributed by atoms with Gasteiger partial charge in [0.15, 0.2) is 0 Å². The van der Waals surface area contributed by atoms with Crippen molar-refractivity contribution >= 4 is 11.8 Å². The first-order valence-corrected chi connectivity index (χ1v) is 6.39. The number of rotatable bonds is 3. The summed E-state index contributed by atoms with van der Waals surface area (Å²) in [5.74, 6) is 0.636. The molecule has 1 saturated carbocycles. The molecule has 0 radical (unpaired) electrons. The van der Waals surface area contributed by atoms with E-state index < -0.39 is 11.6 Å². The van der Waals surface area contributed by atoms with Gasteiger partial charge in [-0.05, 0) is 30.5 Å². The minimum absolute atomic E-state index is 0.0504. The van der Waals surface area contributed by atoms with Crippen LogP contribution in [-0.2, 0) is 16.0 Å². The van der Waals surface area contributed by atoms with E-state index in [9.17, 15) is 9.59 Å². The minimum Gasteiger partial charge on any atom is -0.497 e. The lowest BCUT2D eigenvalue weighted by atomic mass is 10.0. The number of hydrogen-bond donors (Lipinski definition) is 2. The van der Waals surface area contributed by atoms with Crippen LogP contribution in [-0.4, -0.2) is 30.5 Å². The Morgan fingerprint density at radius 1 is 1.26 bits per heavy atom. The summed E-state index contributed by atoms with van der Waals surface area (Å²) >= 11 is 0. The maximum atomic E-state index is 12.0. The molecule has 0 bridgehead atoms. The molecule has 5 heteroatoms. The summed E-state index contributed by atoms with van der Waals surface area (Å²) in [5, 5.41) is 5.65. The van der Waals surface area contributed by atoms with Crippen LogP contribution in [0.25, 0.3) is 0 Å². The van der Waals surface area contributed by atoms with Gasteiger partial charge in [0.1, 0.15) is 17.3 Å². The van der Waals surface area contributed by atoms with Crippen molar-refractivity contribution in [1.82, 2.24) is 10.6 Å². The summed E-state index contributed by atoms with van der Waals surface area (Å²) in [6.45, 7) is 0. The normalized spacial score (nSPS) is 23.7. The number of carbonyl (C=O) groups is 2. The molecule has 1 aromatic carbocycles. The van der Waals surface area contributed by atoms with Gasteiger partial charge in [-0.15, -0.1) is 0 Å². The van der Waals surface area contributed by atoms with Crippen LogP contribution in [0.1, 0.15) is 18.4 Å². The molecule has 3 rings (SSSR count). The lowest BCUT2D eigenvalue weighted by Crippen LogP contribution is -2.63. The largest absolute Gasteiger partial charge is 0.497 e. The van der Waals surface area contributed by atoms with Crippen LogP contribution in [0, 0.1) is 0 Å². The molecule has 1 aliphatic heterocycles. The van der Waals surface area contributed by atoms with Crippen LogP contribution >= 0.6 is 0 Å². The lowest BCUT2D eigenvalue weighted by molar-refractivity contribution is -0.137. The Hall–Kier alpha value is -2.04. The first-order valence-electron chi connectivity index (χ1n) is 6.39. The highest BCUT2D eigenvalue weighted by Gasteiger charge is 2.55. The van der Waals surface area contributed by atoms with Crippen molar-refractivity contribution in [2.24, 2.45) is 0 Å². The minimum atomic E-state index is -0.590. The summed E-state index contributed by atoms with van der Waals surface area (Å²) in [4.78, 5) is 23.9. The van der Waals surface area contributed by atoms with Gasteiger partial charge in [0.05, 0.1) is 7.11 Å². The molecule has 19 heavy (non-hydrogen) atoms. The first-order chi connectivity index (χ1) is 9.13. The molecule has 2 aliphatic rings. The zero-order chi connectivity index (χ0) is 13.5. The van der Waals surface area contributed by atoms with Crippen LogP contribution in [0.3, 0.4) is 0 Å². The van der Waals surface area contributed by atoms with Crippen molar-refractivity contribution in [3.05, 3.63) is 29.8 Å². The predicted octanol–water partition coefficient (Wildman–Crippen LogP) is 0.385. The Morgan fingerprint density at radius 2 is 1.95 bits per heavy atom. The number of ether oxygens (including phenoxy) is 1. The van der Waals surface area contributed by atoms with E-state index in [0.717, 1.165) is 24.2 Å². The maximum absolute atomic E-state index is 12.0. The van der Waals surface area contributed by atoms with Gasteiger partial charge in [-0.1, -0.05) is 12.1 Å². The van der Waals surface area contributed by atoms with E-state index in [0.29, 0.717) is 6.42 Å². The molecule has 1 heterocycles. The fourth-order valence-corrected chi connectivity index (χ4v) is 2.36. The molecule has 1 atom stereocenters. The van der Waals surface area contributed by atoms with Crippen LogP contribution < -0.4 is 15.4 Å². The standard InChI is InChI=1S/C14H16N2O3/c1-19-10-4-2-9(3-5-10)8-11-12(17)16-14(6-7-14)13(18)15-11/h2-5,11H,6-8H2,1H3,(H,15,18)(H,16,17)/t11-/m0/s1. The second kappa shape index (κ2) is 4.26. The number of methoxy groups -OCH3 is 1. The summed E-state index contributed by atoms with van der Waals surface area (Å²) in [6.07, 6.45) is 2.00. The summed E-state index contributed by atoms with van der Waals surface area (Å²) in [6, 6.07) is 7.02. The first kappa shape index (κ1) is 12.0. The van der Waals surface area contributed by atoms with E-state index >= 15 is 0 Å². The number of benzene rings is 1. The van der Waals surface area contributed by atoms with Crippen molar-refractivity contribution in [2.75, 3.05) is 7.11 Å². The molecule has 1 saturated heterocycles. The summed E-state index contributed by atoms with van der Waals surface area (Å²) in [5.41, 5.74) is 0.404. The molecule has 5 nitrogen and oxygen atoms in total. The number of nitrogens with one attached hydrogen (secondary N) is 2. The van der Waals surface area contributed by atoms with Crippen molar-refractivity contribution in [3.8, 4) is 5.75 Å². The van der Waals surface area contributed by atoms with Crippen molar-refractivity contribution in [1.29, 1.82) is 0 Å². The number of carbonyl (C=O) groups excluding carboxylic acids is 2. The molecule has 2 N–H and O–H groups in total. The zero-order valence-electron chi connectivity index (χ0n) is 10.7. The maximum Gasteiger partial charge on any atom is 0.246 e. The van der Waals surface area contributed by atoms with Gasteiger partial charge in [-0.2, -0.15) is 0 Å². The van der Waals surface area contributed by atoms with Crippen molar-refractivity contribution < 1.29 is 14.3 Å². The molecule has 1 spiro atoms. The zero-order valence-corrected chi connectivity index (χ0v) is 10.7. The highest BCUT2D eigenvalue weighted by Crippen LogP contribution is 2.37. The van der Waals surface area contributed by atoms with Gasteiger partial charge in [-0.3, -0.25) is 9.59 Å². The predicted molar refractivity (Wildman–Crippen MR) is 68.7 cm³/mol. The quantitative estimate of drug-likeness (QED) is 0.826. The lowest BCUT2D eigenvalue weighted by Gasteiger charge is -2.29. The smallest absolute Gasteiger partial charge is 0.246 e. The van der Waals surface area contributed by atoms with Crippen LogP contribution in [0.5, 0.6) is 5.75 Å². The second-order valence-electron chi connectivity index (χ2n) is 5.15. The number of amides is 2. The summed E-state index contributed by atoms with van der Waals surface area (Å²) < 4.78 is 5.08. The van der Waals surface area contributed by atoms with E-state index in [1.165, 1.54) is 0 Å². The molecule has 0 unspecified atom stereocenters. The Bertz CT molecular complexity index is 520. The summed E-state index contributed by atoms with van der Waals surface area (Å²) in [7, 11) is 1.61. The van der Waals surface area contributed by atoms with Crippen LogP contribution in [0.2, 0.25) is 0 Å². The van der Waals surface area contributed by atoms with Gasteiger partial charge in [0.25, 0.3) is 0 Å². The van der Waals surface area contributed by atoms with E-state index in [-0.39, 0.29) is 11.8 Å². The van der Waals surface area contributed by atoms with Crippen LogP contribution in [0.4, 0.5) is 0 Å². The van der Waals surface area contributed by atoms with Crippen LogP contribution in [0.15, 0.2) is 24.3 Å². The second-order valence-corrected chi connectivity index (χ2v) is 5.15. The van der Waals surface area contributed by atoms with Gasteiger partial charge < -0.3 is 15.4 Å². The van der Waals surface area contributed by atoms with E-state index in [1.807, 2.05) is 24.3 Å². The molecule has 2 fully saturated rings. The van der Waals surface area contributed by atoms with Gasteiger partial charge in [0, 0.05) is 6.42 Å². The third-order valence-corrected chi connectivity index (χ3v) is 3.77. The number of piperazine rings is 1. The Balaban J connectivity index is 1.69. The van der Waals surface area contributed by atoms with Crippen molar-refractivity contribution in [2.45, 2.75) is 30.8 Å². The van der Waals surface area contributed by atoms with E-state index in [4.69, 9.17) is 4.74 Å². The fraction of sp³-hybridized carbons (Fsp3) is 0.429. The number of hydrogen-bond acceptors (Lipinski definition) is 3. The highest BCUT2D eigenvalue weighted by molar-refractivity contribution is 6.01. The average molecular weight is 260 g/mol. The van der Waals surface area contributed by atoms with E-state index in [1.54, 1.807) is 7.11 Å². The fourth-order valence-electron chi connectivity index (χ4n) is 2.36. The third-order valence-electron chi connectivity index (χ3n) is 3.77. The van der Waals surface area contributed by atoms with E-state index in [2.05, 4.69) is 10.6 Å². The molecule has 2 amide bonds. The van der Waals surface area contributed by atoms with Gasteiger partial charge in [0.2, 0.25) is 11.8 Å². The molecular weight excluding hydrogens is 244 g/mol. The highest BCUT2D eigenvalue weighted by atomic mass is 16.5. The monoisotopic (exact) mass is 260 g/mol. The van der Waals surface area contributed by atoms with Crippen molar-refractivity contribution in [3.63, 3.8) is 0 Å².